The molecule has 0 radical (unpaired) electrons. The Morgan fingerprint density at radius 2 is 2.30 bits per heavy atom. The normalized spacial score (nSPS) is 23.0. The minimum atomic E-state index is -2.78. The maximum atomic E-state index is 11.6. The van der Waals surface area contributed by atoms with Gasteiger partial charge in [0.05, 0.1) is 11.5 Å². The fraction of sp³-hybridized carbons (Fsp3) is 0.786. The summed E-state index contributed by atoms with van der Waals surface area (Å²) in [6.45, 7) is 6.02. The Morgan fingerprint density at radius 3 is 2.90 bits per heavy atom. The molecular formula is C14H25N3O2S. The number of nitrogens with zero attached hydrogens (tertiary/aromatic N) is 2. The highest BCUT2D eigenvalue weighted by atomic mass is 32.2. The third-order valence-corrected chi connectivity index (χ3v) is 5.85. The summed E-state index contributed by atoms with van der Waals surface area (Å²) in [6.07, 6.45) is 6.43. The predicted molar refractivity (Wildman–Crippen MR) is 80.4 cm³/mol. The van der Waals surface area contributed by atoms with Crippen LogP contribution in [0.15, 0.2) is 12.4 Å². The summed E-state index contributed by atoms with van der Waals surface area (Å²) in [4.78, 5) is 4.42. The van der Waals surface area contributed by atoms with E-state index in [9.17, 15) is 8.42 Å². The van der Waals surface area contributed by atoms with Crippen LogP contribution in [0.3, 0.4) is 0 Å². The lowest BCUT2D eigenvalue weighted by molar-refractivity contribution is 0.400. The van der Waals surface area contributed by atoms with E-state index < -0.39 is 9.84 Å². The Kier molecular flexibility index (Phi) is 5.21. The Hall–Kier alpha value is -0.880. The molecule has 1 aliphatic heterocycles. The van der Waals surface area contributed by atoms with Crippen molar-refractivity contribution in [3.63, 3.8) is 0 Å². The minimum absolute atomic E-state index is 0.300. The van der Waals surface area contributed by atoms with E-state index in [1.165, 1.54) is 0 Å². The molecule has 2 atom stereocenters. The van der Waals surface area contributed by atoms with Crippen molar-refractivity contribution in [1.82, 2.24) is 14.9 Å². The molecule has 1 fully saturated rings. The van der Waals surface area contributed by atoms with E-state index >= 15 is 0 Å². The van der Waals surface area contributed by atoms with Crippen molar-refractivity contribution in [1.29, 1.82) is 0 Å². The molecule has 2 rings (SSSR count). The van der Waals surface area contributed by atoms with Crippen LogP contribution in [-0.4, -0.2) is 42.1 Å². The molecule has 114 valence electrons. The second-order valence-electron chi connectivity index (χ2n) is 5.59. The second kappa shape index (κ2) is 6.72. The van der Waals surface area contributed by atoms with Crippen molar-refractivity contribution in [3.8, 4) is 0 Å². The standard InChI is InChI=1S/C14H25N3O2S/c1-3-15-13(9-12-5-8-20(18,19)11-12)10-14-16-6-7-17(14)4-2/h6-7,12-13,15H,3-5,8-11H2,1-2H3. The largest absolute Gasteiger partial charge is 0.335 e. The zero-order valence-electron chi connectivity index (χ0n) is 12.4. The van der Waals surface area contributed by atoms with Crippen LogP contribution < -0.4 is 5.32 Å². The van der Waals surface area contributed by atoms with Crippen LogP contribution in [0.2, 0.25) is 0 Å². The van der Waals surface area contributed by atoms with Gasteiger partial charge in [0, 0.05) is 31.4 Å². The molecule has 2 heterocycles. The van der Waals surface area contributed by atoms with Crippen molar-refractivity contribution < 1.29 is 8.42 Å². The average Bonchev–Trinajstić information content (AvgIpc) is 2.96. The van der Waals surface area contributed by atoms with E-state index in [0.29, 0.717) is 23.5 Å². The second-order valence-corrected chi connectivity index (χ2v) is 7.82. The fourth-order valence-electron chi connectivity index (χ4n) is 3.03. The van der Waals surface area contributed by atoms with Crippen LogP contribution in [-0.2, 0) is 22.8 Å². The Morgan fingerprint density at radius 1 is 1.50 bits per heavy atom. The monoisotopic (exact) mass is 299 g/mol. The van der Waals surface area contributed by atoms with E-state index in [4.69, 9.17) is 0 Å². The van der Waals surface area contributed by atoms with Gasteiger partial charge in [-0.05, 0) is 32.2 Å². The molecule has 1 N–H and O–H groups in total. The third kappa shape index (κ3) is 4.06. The molecular weight excluding hydrogens is 274 g/mol. The highest BCUT2D eigenvalue weighted by Gasteiger charge is 2.29. The summed E-state index contributed by atoms with van der Waals surface area (Å²) in [5, 5.41) is 3.48. The molecule has 1 aromatic rings. The lowest BCUT2D eigenvalue weighted by atomic mass is 9.97. The fourth-order valence-corrected chi connectivity index (χ4v) is 4.91. The summed E-state index contributed by atoms with van der Waals surface area (Å²) in [5.74, 6) is 2.10. The molecule has 0 aliphatic carbocycles. The van der Waals surface area contributed by atoms with Gasteiger partial charge in [0.15, 0.2) is 9.84 Å². The number of likely N-dealkylation sites (N-methyl/N-ethyl adjacent to an activating group) is 1. The van der Waals surface area contributed by atoms with Crippen molar-refractivity contribution in [3.05, 3.63) is 18.2 Å². The first-order valence-electron chi connectivity index (χ1n) is 7.48. The first-order valence-corrected chi connectivity index (χ1v) is 9.30. The molecule has 5 nitrogen and oxygen atoms in total. The molecule has 0 spiro atoms. The lowest BCUT2D eigenvalue weighted by Crippen LogP contribution is -2.34. The predicted octanol–water partition coefficient (Wildman–Crippen LogP) is 1.25. The van der Waals surface area contributed by atoms with Crippen LogP contribution in [0.1, 0.15) is 32.5 Å². The number of hydrogen-bond acceptors (Lipinski definition) is 4. The maximum Gasteiger partial charge on any atom is 0.150 e. The van der Waals surface area contributed by atoms with Gasteiger partial charge >= 0.3 is 0 Å². The maximum absolute atomic E-state index is 11.6. The van der Waals surface area contributed by atoms with E-state index in [2.05, 4.69) is 28.7 Å². The van der Waals surface area contributed by atoms with Crippen LogP contribution >= 0.6 is 0 Å². The SMILES string of the molecule is CCNC(Cc1nccn1CC)CC1CCS(=O)(=O)C1. The molecule has 1 saturated heterocycles. The Bertz CT molecular complexity index is 524. The molecule has 0 aromatic carbocycles. The van der Waals surface area contributed by atoms with Gasteiger partial charge in [0.2, 0.25) is 0 Å². The van der Waals surface area contributed by atoms with Crippen LogP contribution in [0.5, 0.6) is 0 Å². The third-order valence-electron chi connectivity index (χ3n) is 4.01. The number of nitrogens with one attached hydrogen (secondary N) is 1. The highest BCUT2D eigenvalue weighted by molar-refractivity contribution is 7.91. The average molecular weight is 299 g/mol. The molecule has 1 aromatic heterocycles. The molecule has 6 heteroatoms. The van der Waals surface area contributed by atoms with E-state index in [-0.39, 0.29) is 0 Å². The van der Waals surface area contributed by atoms with Gasteiger partial charge in [-0.25, -0.2) is 13.4 Å². The van der Waals surface area contributed by atoms with Gasteiger partial charge in [0.25, 0.3) is 0 Å². The zero-order chi connectivity index (χ0) is 14.6. The number of imidazole rings is 1. The molecule has 2 unspecified atom stereocenters. The summed E-state index contributed by atoms with van der Waals surface area (Å²) >= 11 is 0. The van der Waals surface area contributed by atoms with Crippen molar-refractivity contribution in [2.45, 2.75) is 45.7 Å². The molecule has 0 amide bonds. The van der Waals surface area contributed by atoms with Crippen molar-refractivity contribution in [2.24, 2.45) is 5.92 Å². The van der Waals surface area contributed by atoms with Gasteiger partial charge in [-0.2, -0.15) is 0 Å². The minimum Gasteiger partial charge on any atom is -0.335 e. The molecule has 0 bridgehead atoms. The topological polar surface area (TPSA) is 64.0 Å². The zero-order valence-corrected chi connectivity index (χ0v) is 13.2. The summed E-state index contributed by atoms with van der Waals surface area (Å²) in [6, 6.07) is 0.311. The first kappa shape index (κ1) is 15.5. The summed E-state index contributed by atoms with van der Waals surface area (Å²) in [5.41, 5.74) is 0. The van der Waals surface area contributed by atoms with E-state index in [1.807, 2.05) is 12.4 Å². The van der Waals surface area contributed by atoms with Gasteiger partial charge < -0.3 is 9.88 Å². The van der Waals surface area contributed by atoms with Gasteiger partial charge in [-0.15, -0.1) is 0 Å². The Labute approximate surface area is 121 Å². The van der Waals surface area contributed by atoms with Crippen LogP contribution in [0.25, 0.3) is 0 Å². The smallest absolute Gasteiger partial charge is 0.150 e. The highest BCUT2D eigenvalue weighted by Crippen LogP contribution is 2.24. The van der Waals surface area contributed by atoms with Crippen molar-refractivity contribution in [2.75, 3.05) is 18.1 Å². The number of aryl methyl sites for hydroxylation is 1. The molecule has 20 heavy (non-hydrogen) atoms. The number of hydrogen-bond donors (Lipinski definition) is 1. The number of sulfone groups is 1. The van der Waals surface area contributed by atoms with Crippen LogP contribution in [0, 0.1) is 5.92 Å². The van der Waals surface area contributed by atoms with Gasteiger partial charge in [0.1, 0.15) is 5.82 Å². The molecule has 0 saturated carbocycles. The Balaban J connectivity index is 1.97. The van der Waals surface area contributed by atoms with Crippen LogP contribution in [0.4, 0.5) is 0 Å². The number of aromatic nitrogens is 2. The van der Waals surface area contributed by atoms with Gasteiger partial charge in [-0.1, -0.05) is 6.92 Å². The number of rotatable bonds is 7. The van der Waals surface area contributed by atoms with Crippen molar-refractivity contribution >= 4 is 9.84 Å². The first-order chi connectivity index (χ1) is 9.54. The van der Waals surface area contributed by atoms with Gasteiger partial charge in [-0.3, -0.25) is 0 Å². The molecule has 1 aliphatic rings. The lowest BCUT2D eigenvalue weighted by Gasteiger charge is -2.21. The summed E-state index contributed by atoms with van der Waals surface area (Å²) < 4.78 is 25.3. The quantitative estimate of drug-likeness (QED) is 0.823. The van der Waals surface area contributed by atoms with E-state index in [1.54, 1.807) is 0 Å². The van der Waals surface area contributed by atoms with E-state index in [0.717, 1.165) is 38.2 Å². The summed E-state index contributed by atoms with van der Waals surface area (Å²) in [7, 11) is -2.78.